The van der Waals surface area contributed by atoms with Crippen LogP contribution in [-0.4, -0.2) is 185 Å². The molecular weight excluding hydrogens is 1200 g/mol. The second-order valence-corrected chi connectivity index (χ2v) is 27.9. The van der Waals surface area contributed by atoms with E-state index in [-0.39, 0.29) is 102 Å². The van der Waals surface area contributed by atoms with E-state index < -0.39 is 11.9 Å². The number of carbonyl (C=O) groups is 8. The van der Waals surface area contributed by atoms with Crippen molar-refractivity contribution in [1.29, 1.82) is 0 Å². The molecule has 2 heterocycles. The first-order valence-electron chi connectivity index (χ1n) is 32.8. The summed E-state index contributed by atoms with van der Waals surface area (Å²) in [5.74, 6) is -1.87. The predicted octanol–water partition coefficient (Wildman–Crippen LogP) is 8.20. The van der Waals surface area contributed by atoms with Gasteiger partial charge in [0, 0.05) is 125 Å². The number of amides is 5. The van der Waals surface area contributed by atoms with Crippen LogP contribution >= 0.6 is 0 Å². The Balaban J connectivity index is -0.000000525. The molecule has 0 radical (unpaired) electrons. The molecule has 2 rings (SSSR count). The Kier molecular flexibility index (Phi) is 50.0. The molecule has 0 spiro atoms. The molecular formula is C70H131N11O13. The summed E-state index contributed by atoms with van der Waals surface area (Å²) in [7, 11) is 0. The van der Waals surface area contributed by atoms with E-state index in [2.05, 4.69) is 209 Å². The number of nitrogens with one attached hydrogen (secondary N) is 11. The van der Waals surface area contributed by atoms with Crippen LogP contribution in [0.1, 0.15) is 191 Å². The zero-order chi connectivity index (χ0) is 73.6. The molecule has 0 unspecified atom stereocenters. The number of esters is 5. The Hall–Kier alpha value is -6.44. The second kappa shape index (κ2) is 50.0. The average molecular weight is 1330 g/mol. The number of carbonyl (C=O) groups excluding carboxylic acids is 8. The zero-order valence-corrected chi connectivity index (χ0v) is 62.3. The molecule has 2 aliphatic heterocycles. The van der Waals surface area contributed by atoms with Gasteiger partial charge in [0.15, 0.2) is 0 Å². The summed E-state index contributed by atoms with van der Waals surface area (Å²) in [5.41, 5.74) is 2.65. The maximum absolute atomic E-state index is 11.9. The third-order valence-corrected chi connectivity index (χ3v) is 12.4. The molecule has 0 aromatic carbocycles. The molecule has 94 heavy (non-hydrogen) atoms. The monoisotopic (exact) mass is 1330 g/mol. The van der Waals surface area contributed by atoms with Crippen molar-refractivity contribution in [2.45, 2.75) is 243 Å². The Morgan fingerprint density at radius 3 is 1.18 bits per heavy atom. The van der Waals surface area contributed by atoms with Crippen LogP contribution in [0.5, 0.6) is 0 Å². The molecule has 0 aromatic rings. The average Bonchev–Trinajstić information content (AvgIpc) is 0.834. The summed E-state index contributed by atoms with van der Waals surface area (Å²) in [5, 5.41) is 33.7. The van der Waals surface area contributed by atoms with E-state index >= 15 is 0 Å². The molecule has 24 nitrogen and oxygen atoms in total. The maximum Gasteiger partial charge on any atom is 0.333 e. The standard InChI is InChI=1S/C16H29N3O3.C13H25N3O3.C13H23NO2.C10H19NO2.C9H18N2O.C9H17NO2/c1-11(2)13(20)22-8-7-17-14(21)18-12-9-15(3,4)19-16(5,6)10-12;1-10(2)12(17)19-9-8-16-13(18)15-7-5-6-14-11(3)4;1-9(2)11(15)16-10-7-12(3,4)14-13(5,6)8-10;1-8(2)9(12)13-7-6-11-10(3,4)5;1-7(2)9(12)11-6-5-10-8(3)4;1-4-5-10-6-7-12-9(11)8(2)3/h12,19H,1,7-10H2,2-6H3,(H2,17,18,21);11,14H,1,5-9H2,2-4H3,(H2,15,16,18);10,14H,1,7-8H2,2-6H3;11H,1,6-7H2,2-5H3;8,10H,1,5-6H2,2-4H3,(H,11,12);10H,2,4-7H2,1,3H3. The van der Waals surface area contributed by atoms with Crippen LogP contribution < -0.4 is 58.5 Å². The van der Waals surface area contributed by atoms with Crippen LogP contribution in [0.3, 0.4) is 0 Å². The van der Waals surface area contributed by atoms with Gasteiger partial charge in [-0.05, 0) is 156 Å². The molecule has 0 atom stereocenters. The van der Waals surface area contributed by atoms with Gasteiger partial charge in [0.25, 0.3) is 0 Å². The highest BCUT2D eigenvalue weighted by Crippen LogP contribution is 2.31. The van der Waals surface area contributed by atoms with Crippen molar-refractivity contribution in [1.82, 2.24) is 58.5 Å². The molecule has 2 aliphatic rings. The number of piperidine rings is 2. The fourth-order valence-electron chi connectivity index (χ4n) is 8.85. The first-order valence-corrected chi connectivity index (χ1v) is 32.8. The summed E-state index contributed by atoms with van der Waals surface area (Å²) in [6.07, 6.45) is 5.37. The van der Waals surface area contributed by atoms with Crippen molar-refractivity contribution < 1.29 is 62.0 Å². The van der Waals surface area contributed by atoms with E-state index in [1.807, 2.05) is 0 Å². The minimum Gasteiger partial charge on any atom is -0.461 e. The van der Waals surface area contributed by atoms with E-state index in [9.17, 15) is 38.4 Å². The summed E-state index contributed by atoms with van der Waals surface area (Å²) in [6, 6.07) is 0.550. The topological polar surface area (TPSA) is 315 Å². The van der Waals surface area contributed by atoms with Crippen LogP contribution in [-0.2, 0) is 52.5 Å². The number of hydrogen-bond donors (Lipinski definition) is 11. The molecule has 0 aromatic heterocycles. The van der Waals surface area contributed by atoms with E-state index in [0.717, 1.165) is 58.2 Å². The smallest absolute Gasteiger partial charge is 0.333 e. The van der Waals surface area contributed by atoms with Gasteiger partial charge in [-0.25, -0.2) is 33.6 Å². The maximum atomic E-state index is 11.9. The van der Waals surface area contributed by atoms with Crippen molar-refractivity contribution in [2.24, 2.45) is 0 Å². The van der Waals surface area contributed by atoms with Crippen molar-refractivity contribution in [2.75, 3.05) is 85.3 Å². The summed E-state index contributed by atoms with van der Waals surface area (Å²) in [6.45, 7) is 71.5. The lowest BCUT2D eigenvalue weighted by molar-refractivity contribution is -0.148. The SMILES string of the molecule is C=C(C)C(=O)NCCNC(C)C.C=C(C)C(=O)OC1CC(C)(C)NC(C)(C)C1.C=C(C)C(=O)OCCNC(=O)NC1CC(C)(C)NC(C)(C)C1.C=C(C)C(=O)OCCNC(=O)NCCCNC(C)C.C=C(C)C(=O)OCCNC(C)(C)C.C=C(C)C(=O)OCCNCCC. The van der Waals surface area contributed by atoms with Crippen LogP contribution in [0, 0.1) is 0 Å². The van der Waals surface area contributed by atoms with Crippen LogP contribution in [0.2, 0.25) is 0 Å². The van der Waals surface area contributed by atoms with Gasteiger partial charge in [0.2, 0.25) is 5.91 Å². The van der Waals surface area contributed by atoms with E-state index in [4.69, 9.17) is 23.7 Å². The summed E-state index contributed by atoms with van der Waals surface area (Å²) in [4.78, 5) is 89.6. The van der Waals surface area contributed by atoms with Crippen LogP contribution in [0.15, 0.2) is 72.9 Å². The third-order valence-electron chi connectivity index (χ3n) is 12.4. The van der Waals surface area contributed by atoms with Crippen molar-refractivity contribution in [3.05, 3.63) is 72.9 Å². The van der Waals surface area contributed by atoms with Gasteiger partial charge in [-0.1, -0.05) is 74.1 Å². The minimum atomic E-state index is -0.443. The van der Waals surface area contributed by atoms with Crippen molar-refractivity contribution in [3.8, 4) is 0 Å². The van der Waals surface area contributed by atoms with Crippen LogP contribution in [0.4, 0.5) is 9.59 Å². The largest absolute Gasteiger partial charge is 0.461 e. The number of rotatable bonds is 31. The highest BCUT2D eigenvalue weighted by Gasteiger charge is 2.40. The van der Waals surface area contributed by atoms with Gasteiger partial charge in [-0.3, -0.25) is 4.79 Å². The molecule has 0 aliphatic carbocycles. The molecule has 11 N–H and O–H groups in total. The number of hydrogen-bond acceptors (Lipinski definition) is 19. The van der Waals surface area contributed by atoms with Gasteiger partial charge < -0.3 is 82.2 Å². The van der Waals surface area contributed by atoms with Crippen molar-refractivity contribution in [3.63, 3.8) is 0 Å². The second-order valence-electron chi connectivity index (χ2n) is 27.9. The van der Waals surface area contributed by atoms with E-state index in [1.54, 1.807) is 41.5 Å². The molecule has 2 fully saturated rings. The summed E-state index contributed by atoms with van der Waals surface area (Å²) >= 11 is 0. The van der Waals surface area contributed by atoms with Gasteiger partial charge >= 0.3 is 41.9 Å². The Labute approximate surface area is 567 Å². The first kappa shape index (κ1) is 94.0. The quantitative estimate of drug-likeness (QED) is 0.0135. The Morgan fingerprint density at radius 1 is 0.447 bits per heavy atom. The normalized spacial score (nSPS) is 14.8. The summed E-state index contributed by atoms with van der Waals surface area (Å²) < 4.78 is 24.9. The lowest BCUT2D eigenvalue weighted by Crippen LogP contribution is -2.62. The molecule has 5 amide bonds. The number of urea groups is 2. The van der Waals surface area contributed by atoms with Crippen LogP contribution in [0.25, 0.3) is 0 Å². The number of ether oxygens (including phenoxy) is 5. The van der Waals surface area contributed by atoms with Gasteiger partial charge in [0.05, 0.1) is 13.1 Å². The molecule has 2 saturated heterocycles. The van der Waals surface area contributed by atoms with Gasteiger partial charge in [-0.2, -0.15) is 0 Å². The fourth-order valence-corrected chi connectivity index (χ4v) is 8.85. The highest BCUT2D eigenvalue weighted by atomic mass is 16.6. The lowest BCUT2D eigenvalue weighted by Gasteiger charge is -2.46. The van der Waals surface area contributed by atoms with Crippen molar-refractivity contribution >= 4 is 47.8 Å². The van der Waals surface area contributed by atoms with Gasteiger partial charge in [0.1, 0.15) is 32.5 Å². The minimum absolute atomic E-state index is 0.00176. The molecule has 0 saturated carbocycles. The first-order chi connectivity index (χ1) is 43.1. The van der Waals surface area contributed by atoms with Gasteiger partial charge in [-0.15, -0.1) is 0 Å². The van der Waals surface area contributed by atoms with E-state index in [1.165, 1.54) is 0 Å². The Morgan fingerprint density at radius 2 is 0.809 bits per heavy atom. The molecule has 24 heteroatoms. The molecule has 0 bridgehead atoms. The Bertz CT molecular complexity index is 2340. The predicted molar refractivity (Wildman–Crippen MR) is 380 cm³/mol. The van der Waals surface area contributed by atoms with E-state index in [0.29, 0.717) is 84.9 Å². The zero-order valence-electron chi connectivity index (χ0n) is 62.3. The lowest BCUT2D eigenvalue weighted by atomic mass is 9.80. The highest BCUT2D eigenvalue weighted by molar-refractivity contribution is 5.92. The molecule has 544 valence electrons. The fraction of sp³-hybridized carbons (Fsp3) is 0.714. The third kappa shape index (κ3) is 59.3.